The van der Waals surface area contributed by atoms with E-state index >= 15 is 0 Å². The fraction of sp³-hybridized carbons (Fsp3) is 0.968. The molecule has 0 amide bonds. The van der Waals surface area contributed by atoms with Gasteiger partial charge in [0.1, 0.15) is 11.6 Å². The molecule has 0 aromatic carbocycles. The van der Waals surface area contributed by atoms with Crippen LogP contribution in [0.15, 0.2) is 0 Å². The average Bonchev–Trinajstić information content (AvgIpc) is 3.24. The first-order chi connectivity index (χ1) is 18.1. The maximum absolute atomic E-state index is 13.6. The van der Waals surface area contributed by atoms with Gasteiger partial charge >= 0.3 is 5.97 Å². The number of aliphatic hydroxyl groups is 1. The van der Waals surface area contributed by atoms with Crippen molar-refractivity contribution in [3.63, 3.8) is 0 Å². The van der Waals surface area contributed by atoms with Crippen molar-refractivity contribution < 1.29 is 24.1 Å². The van der Waals surface area contributed by atoms with Gasteiger partial charge in [0.15, 0.2) is 0 Å². The zero-order valence-corrected chi connectivity index (χ0v) is 24.4. The topological polar surface area (TPSA) is 80.3 Å². The van der Waals surface area contributed by atoms with E-state index in [0.29, 0.717) is 23.8 Å². The molecule has 6 aliphatic rings. The summed E-state index contributed by atoms with van der Waals surface area (Å²) < 4.78 is 19.7. The summed E-state index contributed by atoms with van der Waals surface area (Å²) in [4.78, 5) is 16.1. The Balaban J connectivity index is 1.33. The Morgan fingerprint density at radius 3 is 2.61 bits per heavy atom. The minimum absolute atomic E-state index is 0.0555. The fourth-order valence-corrected chi connectivity index (χ4v) is 10.3. The predicted molar refractivity (Wildman–Crippen MR) is 146 cm³/mol. The molecule has 2 heterocycles. The Labute approximate surface area is 229 Å². The molecule has 38 heavy (non-hydrogen) atoms. The van der Waals surface area contributed by atoms with Gasteiger partial charge < -0.3 is 24.2 Å². The van der Waals surface area contributed by atoms with Gasteiger partial charge in [0.2, 0.25) is 0 Å². The molecule has 4 saturated carbocycles. The number of hydrogen-bond donors (Lipinski definition) is 2. The first-order valence-electron chi connectivity index (χ1n) is 15.7. The van der Waals surface area contributed by atoms with Gasteiger partial charge in [0, 0.05) is 30.5 Å². The number of methoxy groups -OCH3 is 1. The van der Waals surface area contributed by atoms with E-state index in [0.717, 1.165) is 51.5 Å². The van der Waals surface area contributed by atoms with Gasteiger partial charge in [-0.25, -0.2) is 0 Å². The molecule has 7 heteroatoms. The van der Waals surface area contributed by atoms with Crippen molar-refractivity contribution in [3.8, 4) is 0 Å². The monoisotopic (exact) mass is 532 g/mol. The SMILES string of the molecule is CO[C@]12CC[C@@H](N[C@@H](CC3CCCCC3)C(=O)OC(C)(C)C)[C@@H]3OC4C(O)CCC5CC1N(C)CC[C@]32C54. The lowest BCUT2D eigenvalue weighted by atomic mass is 9.42. The maximum Gasteiger partial charge on any atom is 0.323 e. The Hall–Kier alpha value is -0.730. The number of nitrogens with zero attached hydrogens (tertiary/aromatic N) is 1. The van der Waals surface area contributed by atoms with Crippen molar-refractivity contribution in [2.75, 3.05) is 20.7 Å². The van der Waals surface area contributed by atoms with Gasteiger partial charge in [-0.2, -0.15) is 0 Å². The standard InChI is InChI=1S/C31H52N2O5/c1-29(2,3)38-28(35)22(17-19-9-7-6-8-10-19)32-21-13-14-31(36-5)24-18-20-11-12-23(34)26-25(20)30(31,27(21)37-26)15-16-33(24)4/h19-27,32,34H,6-18H2,1-5H3/t20?,21-,22+,23?,24?,25?,26?,27+,30+,31-/m1/s1. The number of nitrogens with one attached hydrogen (secondary N) is 1. The highest BCUT2D eigenvalue weighted by atomic mass is 16.6. The van der Waals surface area contributed by atoms with Crippen molar-refractivity contribution in [2.45, 2.75) is 145 Å². The summed E-state index contributed by atoms with van der Waals surface area (Å²) in [5.74, 6) is 1.33. The van der Waals surface area contributed by atoms with Gasteiger partial charge in [-0.05, 0) is 91.1 Å². The van der Waals surface area contributed by atoms with Crippen molar-refractivity contribution in [1.29, 1.82) is 0 Å². The Kier molecular flexibility index (Phi) is 7.20. The van der Waals surface area contributed by atoms with Crippen LogP contribution >= 0.6 is 0 Å². The Morgan fingerprint density at radius 1 is 1.13 bits per heavy atom. The van der Waals surface area contributed by atoms with E-state index < -0.39 is 11.7 Å². The summed E-state index contributed by atoms with van der Waals surface area (Å²) in [7, 11) is 4.18. The molecule has 6 rings (SSSR count). The summed E-state index contributed by atoms with van der Waals surface area (Å²) in [5.41, 5.74) is -0.908. The number of aliphatic hydroxyl groups excluding tert-OH is 1. The number of piperidine rings is 1. The van der Waals surface area contributed by atoms with Crippen LogP contribution < -0.4 is 5.32 Å². The summed E-state index contributed by atoms with van der Waals surface area (Å²) in [5, 5.41) is 15.1. The molecule has 2 aliphatic heterocycles. The summed E-state index contributed by atoms with van der Waals surface area (Å²) >= 11 is 0. The predicted octanol–water partition coefficient (Wildman–Crippen LogP) is 4.05. The summed E-state index contributed by atoms with van der Waals surface area (Å²) in [6.45, 7) is 6.91. The molecule has 6 fully saturated rings. The third-order valence-electron chi connectivity index (χ3n) is 11.7. The number of esters is 1. The van der Waals surface area contributed by atoms with E-state index in [-0.39, 0.29) is 41.3 Å². The second-order valence-corrected chi connectivity index (χ2v) is 14.7. The third kappa shape index (κ3) is 4.20. The van der Waals surface area contributed by atoms with Crippen LogP contribution in [0.4, 0.5) is 0 Å². The van der Waals surface area contributed by atoms with E-state index in [4.69, 9.17) is 14.2 Å². The lowest BCUT2D eigenvalue weighted by molar-refractivity contribution is -0.269. The lowest BCUT2D eigenvalue weighted by Crippen LogP contribution is -2.78. The molecular weight excluding hydrogens is 480 g/mol. The minimum Gasteiger partial charge on any atom is -0.459 e. The van der Waals surface area contributed by atoms with E-state index in [9.17, 15) is 9.90 Å². The summed E-state index contributed by atoms with van der Waals surface area (Å²) in [6.07, 6.45) is 12.4. The molecular formula is C31H52N2O5. The molecule has 2 bridgehead atoms. The average molecular weight is 533 g/mol. The highest BCUT2D eigenvalue weighted by Gasteiger charge is 2.78. The second-order valence-electron chi connectivity index (χ2n) is 14.7. The first kappa shape index (κ1) is 27.4. The molecule has 7 nitrogen and oxygen atoms in total. The molecule has 5 unspecified atom stereocenters. The number of likely N-dealkylation sites (N-methyl/N-ethyl adjacent to an activating group) is 1. The molecule has 0 aromatic heterocycles. The molecule has 216 valence electrons. The fourth-order valence-electron chi connectivity index (χ4n) is 10.3. The quantitative estimate of drug-likeness (QED) is 0.500. The molecule has 0 aromatic rings. The van der Waals surface area contributed by atoms with Crippen molar-refractivity contribution in [1.82, 2.24) is 10.2 Å². The normalized spacial score (nSPS) is 45.9. The molecule has 2 saturated heterocycles. The molecule has 0 radical (unpaired) electrons. The second kappa shape index (κ2) is 9.97. The first-order valence-corrected chi connectivity index (χ1v) is 15.7. The van der Waals surface area contributed by atoms with Gasteiger partial charge in [0.25, 0.3) is 0 Å². The third-order valence-corrected chi connectivity index (χ3v) is 11.7. The van der Waals surface area contributed by atoms with Crippen LogP contribution in [0.25, 0.3) is 0 Å². The largest absolute Gasteiger partial charge is 0.459 e. The number of hydrogen-bond acceptors (Lipinski definition) is 7. The highest BCUT2D eigenvalue weighted by Crippen LogP contribution is 2.70. The molecule has 10 atom stereocenters. The smallest absolute Gasteiger partial charge is 0.323 e. The van der Waals surface area contributed by atoms with Crippen LogP contribution in [0.3, 0.4) is 0 Å². The van der Waals surface area contributed by atoms with Crippen molar-refractivity contribution in [3.05, 3.63) is 0 Å². The van der Waals surface area contributed by atoms with E-state index in [1.54, 1.807) is 0 Å². The van der Waals surface area contributed by atoms with Crippen LogP contribution in [0.2, 0.25) is 0 Å². The van der Waals surface area contributed by atoms with E-state index in [1.807, 2.05) is 27.9 Å². The van der Waals surface area contributed by atoms with Crippen molar-refractivity contribution >= 4 is 5.97 Å². The zero-order chi connectivity index (χ0) is 26.9. The minimum atomic E-state index is -0.513. The van der Waals surface area contributed by atoms with Crippen LogP contribution in [-0.4, -0.2) is 84.3 Å². The van der Waals surface area contributed by atoms with Gasteiger partial charge in [-0.1, -0.05) is 32.1 Å². The number of carbonyl (C=O) groups is 1. The van der Waals surface area contributed by atoms with E-state index in [1.165, 1.54) is 32.1 Å². The highest BCUT2D eigenvalue weighted by molar-refractivity contribution is 5.76. The van der Waals surface area contributed by atoms with Gasteiger partial charge in [-0.15, -0.1) is 0 Å². The maximum atomic E-state index is 13.6. The van der Waals surface area contributed by atoms with Crippen LogP contribution in [0.1, 0.15) is 97.8 Å². The van der Waals surface area contributed by atoms with Crippen molar-refractivity contribution in [2.24, 2.45) is 23.2 Å². The lowest BCUT2D eigenvalue weighted by Gasteiger charge is -2.69. The van der Waals surface area contributed by atoms with E-state index in [2.05, 4.69) is 17.3 Å². The number of rotatable bonds is 6. The Bertz CT molecular complexity index is 886. The number of likely N-dealkylation sites (tertiary alicyclic amines) is 1. The van der Waals surface area contributed by atoms with Crippen LogP contribution in [0, 0.1) is 23.2 Å². The Morgan fingerprint density at radius 2 is 1.89 bits per heavy atom. The number of ether oxygens (including phenoxy) is 3. The summed E-state index contributed by atoms with van der Waals surface area (Å²) in [6, 6.07) is 0.110. The molecule has 2 N–H and O–H groups in total. The van der Waals surface area contributed by atoms with Crippen LogP contribution in [0.5, 0.6) is 0 Å². The zero-order valence-electron chi connectivity index (χ0n) is 24.4. The van der Waals surface area contributed by atoms with Crippen LogP contribution in [-0.2, 0) is 19.0 Å². The van der Waals surface area contributed by atoms with Gasteiger partial charge in [-0.3, -0.25) is 10.1 Å². The van der Waals surface area contributed by atoms with Gasteiger partial charge in [0.05, 0.1) is 23.9 Å². The number of carbonyl (C=O) groups excluding carboxylic acids is 1. The molecule has 1 spiro atoms. The molecule has 4 aliphatic carbocycles.